The average Bonchev–Trinajstić information content (AvgIpc) is 1.27. The molecule has 0 bridgehead atoms. The Labute approximate surface area is 51.3 Å². The second-order valence-electron chi connectivity index (χ2n) is 2.87. The van der Waals surface area contributed by atoms with E-state index in [1.807, 2.05) is 0 Å². The summed E-state index contributed by atoms with van der Waals surface area (Å²) in [7, 11) is 8.50. The lowest BCUT2D eigenvalue weighted by atomic mass is 10.8. The second kappa shape index (κ2) is 5.03. The first-order valence-electron chi connectivity index (χ1n) is 2.51. The molecular weight excluding hydrogens is 104 g/mol. The van der Waals surface area contributed by atoms with E-state index in [1.165, 1.54) is 0 Å². The molecule has 3 nitrogen and oxygen atoms in total. The predicted molar refractivity (Wildman–Crippen MR) is 35.2 cm³/mol. The highest BCUT2D eigenvalue weighted by atomic mass is 16.3. The summed E-state index contributed by atoms with van der Waals surface area (Å²) in [6.45, 7) is -0.250. The maximum atomic E-state index is 7.35. The molecule has 3 heteroatoms. The molecule has 0 radical (unpaired) electrons. The molecule has 0 unspecified atom stereocenters. The summed E-state index contributed by atoms with van der Waals surface area (Å²) in [5, 5.41) is 7.35. The fourth-order valence-electron chi connectivity index (χ4n) is 0. The van der Waals surface area contributed by atoms with Gasteiger partial charge in [0, 0.05) is 0 Å². The third-order valence-electron chi connectivity index (χ3n) is 0. The molecule has 0 heterocycles. The zero-order chi connectivity index (χ0) is 7.21. The molecule has 0 saturated carbocycles. The van der Waals surface area contributed by atoms with E-state index in [1.54, 1.807) is 0 Å². The third kappa shape index (κ3) is 9720. The van der Waals surface area contributed by atoms with Crippen LogP contribution in [0.4, 0.5) is 0 Å². The van der Waals surface area contributed by atoms with Gasteiger partial charge in [-0.25, -0.2) is 0 Å². The van der Waals surface area contributed by atoms with Gasteiger partial charge in [0.05, 0.1) is 34.9 Å². The zero-order valence-electron chi connectivity index (χ0n) is 6.18. The van der Waals surface area contributed by atoms with Gasteiger partial charge in [-0.3, -0.25) is 0 Å². The van der Waals surface area contributed by atoms with Crippen LogP contribution in [0.3, 0.4) is 0 Å². The molecule has 3 N–H and O–H groups in total. The highest BCUT2D eigenvalue weighted by Crippen LogP contribution is 1.73. The summed E-state index contributed by atoms with van der Waals surface area (Å²) in [5.41, 5.74) is 4.40. The Morgan fingerprint density at radius 3 is 1.25 bits per heavy atom. The Balaban J connectivity index is 0. The highest BCUT2D eigenvalue weighted by molar-refractivity contribution is 3.87. The van der Waals surface area contributed by atoms with Gasteiger partial charge in [0.2, 0.25) is 0 Å². The number of aliphatic hydroxyl groups is 1. The number of rotatable bonds is 0. The van der Waals surface area contributed by atoms with E-state index in [-0.39, 0.29) is 6.73 Å². The molecule has 52 valence electrons. The van der Waals surface area contributed by atoms with Gasteiger partial charge in [0.1, 0.15) is 0 Å². The molecule has 0 amide bonds. The number of hydrogen-bond donors (Lipinski definition) is 2. The maximum Gasteiger partial charge on any atom is 0.0906 e. The van der Waals surface area contributed by atoms with Gasteiger partial charge < -0.3 is 15.3 Å². The fraction of sp³-hybridized carbons (Fsp3) is 1.00. The van der Waals surface area contributed by atoms with Crippen LogP contribution >= 0.6 is 0 Å². The predicted octanol–water partition coefficient (Wildman–Crippen LogP) is -0.783. The first-order valence-corrected chi connectivity index (χ1v) is 2.51. The van der Waals surface area contributed by atoms with Gasteiger partial charge in [0.15, 0.2) is 0 Å². The number of quaternary nitrogens is 1. The van der Waals surface area contributed by atoms with Crippen molar-refractivity contribution in [3.8, 4) is 0 Å². The molecule has 0 spiro atoms. The van der Waals surface area contributed by atoms with E-state index in [4.69, 9.17) is 5.11 Å². The van der Waals surface area contributed by atoms with Crippen molar-refractivity contribution in [3.63, 3.8) is 0 Å². The van der Waals surface area contributed by atoms with Gasteiger partial charge in [-0.1, -0.05) is 0 Å². The summed E-state index contributed by atoms with van der Waals surface area (Å²) in [4.78, 5) is 0. The standard InChI is InChI=1S/C4H12N.CH5NO/c1-5(2,3)4;2-1-3/h1-4H3;3H,1-2H2/q+1;. The first-order chi connectivity index (χ1) is 3.41. The molecule has 0 rings (SSSR count). The number of hydrogen-bond acceptors (Lipinski definition) is 2. The normalized spacial score (nSPS) is 9.75. The van der Waals surface area contributed by atoms with Crippen LogP contribution in [-0.2, 0) is 0 Å². The van der Waals surface area contributed by atoms with Crippen LogP contribution in [0, 0.1) is 0 Å². The minimum atomic E-state index is -0.250. The van der Waals surface area contributed by atoms with Crippen LogP contribution in [0.25, 0.3) is 0 Å². The van der Waals surface area contributed by atoms with Crippen molar-refractivity contribution >= 4 is 0 Å². The van der Waals surface area contributed by atoms with Crippen LogP contribution in [0.1, 0.15) is 0 Å². The topological polar surface area (TPSA) is 46.2 Å². The largest absolute Gasteiger partial charge is 0.382 e. The summed E-state index contributed by atoms with van der Waals surface area (Å²) in [5.74, 6) is 0. The molecule has 0 atom stereocenters. The van der Waals surface area contributed by atoms with E-state index in [2.05, 4.69) is 33.9 Å². The Hall–Kier alpha value is -0.120. The van der Waals surface area contributed by atoms with Gasteiger partial charge in [-0.2, -0.15) is 0 Å². The Morgan fingerprint density at radius 1 is 1.25 bits per heavy atom. The molecule has 0 aliphatic rings. The molecule has 0 aromatic carbocycles. The number of aliphatic hydroxyl groups excluding tert-OH is 1. The summed E-state index contributed by atoms with van der Waals surface area (Å²) >= 11 is 0. The molecule has 8 heavy (non-hydrogen) atoms. The van der Waals surface area contributed by atoms with Gasteiger partial charge >= 0.3 is 0 Å². The number of nitrogens with two attached hydrogens (primary N) is 1. The smallest absolute Gasteiger partial charge is 0.0906 e. The maximum absolute atomic E-state index is 7.35. The average molecular weight is 121 g/mol. The van der Waals surface area contributed by atoms with Crippen molar-refractivity contribution in [2.24, 2.45) is 5.73 Å². The van der Waals surface area contributed by atoms with Crippen molar-refractivity contribution in [1.29, 1.82) is 0 Å². The minimum absolute atomic E-state index is 0.250. The molecule has 0 aliphatic heterocycles. The molecule has 0 aromatic heterocycles. The van der Waals surface area contributed by atoms with E-state index in [9.17, 15) is 0 Å². The number of nitrogens with zero attached hydrogens (tertiary/aromatic N) is 1. The van der Waals surface area contributed by atoms with Crippen LogP contribution < -0.4 is 5.73 Å². The molecule has 0 fully saturated rings. The highest BCUT2D eigenvalue weighted by Gasteiger charge is 1.88. The van der Waals surface area contributed by atoms with Crippen molar-refractivity contribution < 1.29 is 9.59 Å². The van der Waals surface area contributed by atoms with Gasteiger partial charge in [-0.15, -0.1) is 0 Å². The first kappa shape index (κ1) is 10.8. The van der Waals surface area contributed by atoms with E-state index in [0.717, 1.165) is 4.48 Å². The van der Waals surface area contributed by atoms with Crippen molar-refractivity contribution in [3.05, 3.63) is 0 Å². The van der Waals surface area contributed by atoms with Crippen LogP contribution in [0.15, 0.2) is 0 Å². The SMILES string of the molecule is C[N+](C)(C)C.NCO. The molecular formula is C5H17N2O+. The lowest BCUT2D eigenvalue weighted by Crippen LogP contribution is -2.27. The van der Waals surface area contributed by atoms with Crippen LogP contribution in [-0.4, -0.2) is 44.5 Å². The Morgan fingerprint density at radius 2 is 1.25 bits per heavy atom. The lowest BCUT2D eigenvalue weighted by Gasteiger charge is -2.14. The summed E-state index contributed by atoms with van der Waals surface area (Å²) in [6, 6.07) is 0. The fourth-order valence-corrected chi connectivity index (χ4v) is 0. The van der Waals surface area contributed by atoms with Gasteiger partial charge in [-0.05, 0) is 0 Å². The van der Waals surface area contributed by atoms with E-state index in [0.29, 0.717) is 0 Å². The molecule has 0 aliphatic carbocycles. The molecule has 0 aromatic rings. The van der Waals surface area contributed by atoms with E-state index >= 15 is 0 Å². The summed E-state index contributed by atoms with van der Waals surface area (Å²) < 4.78 is 1.00. The second-order valence-corrected chi connectivity index (χ2v) is 2.87. The van der Waals surface area contributed by atoms with E-state index < -0.39 is 0 Å². The van der Waals surface area contributed by atoms with Gasteiger partial charge in [0.25, 0.3) is 0 Å². The molecule has 0 saturated heterocycles. The van der Waals surface area contributed by atoms with Crippen molar-refractivity contribution in [2.45, 2.75) is 0 Å². The zero-order valence-corrected chi connectivity index (χ0v) is 6.18. The van der Waals surface area contributed by atoms with Crippen molar-refractivity contribution in [1.82, 2.24) is 0 Å². The van der Waals surface area contributed by atoms with Crippen LogP contribution in [0.2, 0.25) is 0 Å². The Bertz CT molecular complexity index is 34.2. The third-order valence-corrected chi connectivity index (χ3v) is 0. The van der Waals surface area contributed by atoms with Crippen LogP contribution in [0.5, 0.6) is 0 Å². The Kier molecular flexibility index (Phi) is 6.78. The monoisotopic (exact) mass is 121 g/mol. The lowest BCUT2D eigenvalue weighted by molar-refractivity contribution is -0.849. The summed E-state index contributed by atoms with van der Waals surface area (Å²) in [6.07, 6.45) is 0. The minimum Gasteiger partial charge on any atom is -0.382 e. The van der Waals surface area contributed by atoms with Crippen molar-refractivity contribution in [2.75, 3.05) is 34.9 Å². The quantitative estimate of drug-likeness (QED) is 0.326.